The van der Waals surface area contributed by atoms with E-state index in [9.17, 15) is 9.90 Å². The summed E-state index contributed by atoms with van der Waals surface area (Å²) in [5, 5.41) is 9.46. The molecule has 0 unspecified atom stereocenters. The van der Waals surface area contributed by atoms with Gasteiger partial charge in [0.15, 0.2) is 0 Å². The number of phenolic OH excluding ortho intramolecular Hbond substituents is 1. The Morgan fingerprint density at radius 1 is 1.04 bits per heavy atom. The van der Waals surface area contributed by atoms with Crippen LogP contribution in [0.2, 0.25) is 0 Å². The SMILES string of the molecule is CN(C)C(=O)[C@@H](c1ccccc1)N1CCC(c2ccc(O)cc2)CC1. The van der Waals surface area contributed by atoms with Crippen LogP contribution in [-0.2, 0) is 4.79 Å². The predicted molar refractivity (Wildman–Crippen MR) is 99.5 cm³/mol. The van der Waals surface area contributed by atoms with Gasteiger partial charge < -0.3 is 10.0 Å². The number of piperidine rings is 1. The first-order valence-corrected chi connectivity index (χ1v) is 8.85. The Bertz CT molecular complexity index is 690. The van der Waals surface area contributed by atoms with Gasteiger partial charge in [0.25, 0.3) is 0 Å². The molecule has 4 nitrogen and oxygen atoms in total. The van der Waals surface area contributed by atoms with Crippen LogP contribution >= 0.6 is 0 Å². The molecule has 0 aliphatic carbocycles. The molecule has 25 heavy (non-hydrogen) atoms. The topological polar surface area (TPSA) is 43.8 Å². The lowest BCUT2D eigenvalue weighted by Crippen LogP contribution is -2.43. The summed E-state index contributed by atoms with van der Waals surface area (Å²) in [4.78, 5) is 16.8. The van der Waals surface area contributed by atoms with Crippen molar-refractivity contribution in [3.63, 3.8) is 0 Å². The van der Waals surface area contributed by atoms with Crippen LogP contribution in [0.25, 0.3) is 0 Å². The summed E-state index contributed by atoms with van der Waals surface area (Å²) in [5.74, 6) is 0.930. The zero-order valence-electron chi connectivity index (χ0n) is 14.9. The van der Waals surface area contributed by atoms with Gasteiger partial charge in [0.1, 0.15) is 11.8 Å². The number of carbonyl (C=O) groups is 1. The largest absolute Gasteiger partial charge is 0.508 e. The number of likely N-dealkylation sites (tertiary alicyclic amines) is 1. The van der Waals surface area contributed by atoms with Gasteiger partial charge in [0.05, 0.1) is 0 Å². The van der Waals surface area contributed by atoms with Crippen molar-refractivity contribution in [2.24, 2.45) is 0 Å². The fourth-order valence-electron chi connectivity index (χ4n) is 3.63. The van der Waals surface area contributed by atoms with E-state index in [1.807, 2.05) is 56.6 Å². The van der Waals surface area contributed by atoms with Crippen LogP contribution in [0, 0.1) is 0 Å². The zero-order valence-corrected chi connectivity index (χ0v) is 14.9. The van der Waals surface area contributed by atoms with Crippen LogP contribution in [0.5, 0.6) is 5.75 Å². The molecule has 2 aromatic carbocycles. The van der Waals surface area contributed by atoms with E-state index in [0.717, 1.165) is 31.5 Å². The fourth-order valence-corrected chi connectivity index (χ4v) is 3.63. The molecule has 1 saturated heterocycles. The maximum Gasteiger partial charge on any atom is 0.244 e. The van der Waals surface area contributed by atoms with E-state index in [1.54, 1.807) is 17.0 Å². The van der Waals surface area contributed by atoms with Gasteiger partial charge in [-0.3, -0.25) is 9.69 Å². The van der Waals surface area contributed by atoms with Gasteiger partial charge in [-0.05, 0) is 55.1 Å². The van der Waals surface area contributed by atoms with Crippen molar-refractivity contribution in [1.82, 2.24) is 9.80 Å². The van der Waals surface area contributed by atoms with Gasteiger partial charge >= 0.3 is 0 Å². The highest BCUT2D eigenvalue weighted by Crippen LogP contribution is 2.33. The standard InChI is InChI=1S/C21H26N2O2/c1-22(2)21(25)20(18-6-4-3-5-7-18)23-14-12-17(13-15-23)16-8-10-19(24)11-9-16/h3-11,17,20,24H,12-15H2,1-2H3/t20-/m1/s1. The third-order valence-corrected chi connectivity index (χ3v) is 5.05. The maximum absolute atomic E-state index is 12.8. The van der Waals surface area contributed by atoms with Crippen molar-refractivity contribution < 1.29 is 9.90 Å². The molecule has 132 valence electrons. The van der Waals surface area contributed by atoms with E-state index >= 15 is 0 Å². The van der Waals surface area contributed by atoms with Crippen LogP contribution in [0.15, 0.2) is 54.6 Å². The van der Waals surface area contributed by atoms with E-state index in [4.69, 9.17) is 0 Å². The molecule has 4 heteroatoms. The minimum Gasteiger partial charge on any atom is -0.508 e. The molecule has 1 aliphatic heterocycles. The lowest BCUT2D eigenvalue weighted by Gasteiger charge is -2.38. The monoisotopic (exact) mass is 338 g/mol. The molecule has 0 bridgehead atoms. The predicted octanol–water partition coefficient (Wildman–Crippen LogP) is 3.40. The number of amides is 1. The second kappa shape index (κ2) is 7.70. The van der Waals surface area contributed by atoms with Gasteiger partial charge in [-0.1, -0.05) is 42.5 Å². The van der Waals surface area contributed by atoms with Gasteiger partial charge in [0.2, 0.25) is 5.91 Å². The van der Waals surface area contributed by atoms with Crippen LogP contribution in [0.3, 0.4) is 0 Å². The summed E-state index contributed by atoms with van der Waals surface area (Å²) in [6.45, 7) is 1.79. The fraction of sp³-hybridized carbons (Fsp3) is 0.381. The lowest BCUT2D eigenvalue weighted by molar-refractivity contribution is -0.135. The van der Waals surface area contributed by atoms with Gasteiger partial charge in [-0.2, -0.15) is 0 Å². The quantitative estimate of drug-likeness (QED) is 0.929. The minimum atomic E-state index is -0.211. The number of rotatable bonds is 4. The summed E-state index contributed by atoms with van der Waals surface area (Å²) in [6.07, 6.45) is 2.05. The van der Waals surface area contributed by atoms with Crippen molar-refractivity contribution in [2.75, 3.05) is 27.2 Å². The first kappa shape index (κ1) is 17.5. The van der Waals surface area contributed by atoms with Crippen LogP contribution in [-0.4, -0.2) is 48.0 Å². The van der Waals surface area contributed by atoms with E-state index in [-0.39, 0.29) is 11.9 Å². The normalized spacial score (nSPS) is 17.2. The van der Waals surface area contributed by atoms with Crippen molar-refractivity contribution in [2.45, 2.75) is 24.8 Å². The molecule has 3 rings (SSSR count). The van der Waals surface area contributed by atoms with E-state index in [0.29, 0.717) is 11.7 Å². The van der Waals surface area contributed by atoms with E-state index in [1.165, 1.54) is 5.56 Å². The highest BCUT2D eigenvalue weighted by atomic mass is 16.3. The molecular weight excluding hydrogens is 312 g/mol. The summed E-state index contributed by atoms with van der Waals surface area (Å²) >= 11 is 0. The van der Waals surface area contributed by atoms with E-state index in [2.05, 4.69) is 4.90 Å². The Labute approximate surface area is 149 Å². The smallest absolute Gasteiger partial charge is 0.244 e. The Balaban J connectivity index is 1.74. The summed E-state index contributed by atoms with van der Waals surface area (Å²) in [6, 6.07) is 17.4. The van der Waals surface area contributed by atoms with Crippen LogP contribution < -0.4 is 0 Å². The maximum atomic E-state index is 12.8. The average Bonchev–Trinajstić information content (AvgIpc) is 2.64. The minimum absolute atomic E-state index is 0.134. The molecule has 1 aliphatic rings. The third kappa shape index (κ3) is 4.02. The van der Waals surface area contributed by atoms with Crippen LogP contribution in [0.1, 0.15) is 35.9 Å². The highest BCUT2D eigenvalue weighted by molar-refractivity contribution is 5.82. The van der Waals surface area contributed by atoms with Gasteiger partial charge in [-0.15, -0.1) is 0 Å². The number of aromatic hydroxyl groups is 1. The molecule has 1 amide bonds. The number of benzene rings is 2. The Morgan fingerprint density at radius 2 is 1.64 bits per heavy atom. The van der Waals surface area contributed by atoms with Crippen molar-refractivity contribution in [1.29, 1.82) is 0 Å². The van der Waals surface area contributed by atoms with Gasteiger partial charge in [-0.25, -0.2) is 0 Å². The van der Waals surface area contributed by atoms with Gasteiger partial charge in [0, 0.05) is 14.1 Å². The number of carbonyl (C=O) groups excluding carboxylic acids is 1. The summed E-state index contributed by atoms with van der Waals surface area (Å²) in [5.41, 5.74) is 2.33. The number of hydrogen-bond donors (Lipinski definition) is 1. The molecular formula is C21H26N2O2. The molecule has 1 atom stereocenters. The molecule has 1 fully saturated rings. The average molecular weight is 338 g/mol. The van der Waals surface area contributed by atoms with Crippen molar-refractivity contribution >= 4 is 5.91 Å². The highest BCUT2D eigenvalue weighted by Gasteiger charge is 2.32. The van der Waals surface area contributed by atoms with Crippen LogP contribution in [0.4, 0.5) is 0 Å². The number of phenols is 1. The lowest BCUT2D eigenvalue weighted by atomic mass is 9.88. The molecule has 0 aromatic heterocycles. The number of nitrogens with zero attached hydrogens (tertiary/aromatic N) is 2. The number of hydrogen-bond acceptors (Lipinski definition) is 3. The zero-order chi connectivity index (χ0) is 17.8. The molecule has 0 saturated carbocycles. The van der Waals surface area contributed by atoms with Crippen molar-refractivity contribution in [3.8, 4) is 5.75 Å². The summed E-state index contributed by atoms with van der Waals surface area (Å²) < 4.78 is 0. The van der Waals surface area contributed by atoms with E-state index < -0.39 is 0 Å². The Hall–Kier alpha value is -2.33. The molecule has 0 radical (unpaired) electrons. The molecule has 2 aromatic rings. The third-order valence-electron chi connectivity index (χ3n) is 5.05. The molecule has 1 N–H and O–H groups in total. The second-order valence-electron chi connectivity index (χ2n) is 6.95. The molecule has 1 heterocycles. The Kier molecular flexibility index (Phi) is 5.39. The van der Waals surface area contributed by atoms with Crippen molar-refractivity contribution in [3.05, 3.63) is 65.7 Å². The number of likely N-dealkylation sites (N-methyl/N-ethyl adjacent to an activating group) is 1. The Morgan fingerprint density at radius 3 is 2.20 bits per heavy atom. The summed E-state index contributed by atoms with van der Waals surface area (Å²) in [7, 11) is 3.64. The molecule has 0 spiro atoms. The first-order valence-electron chi connectivity index (χ1n) is 8.85. The second-order valence-corrected chi connectivity index (χ2v) is 6.95. The first-order chi connectivity index (χ1) is 12.1.